The van der Waals surface area contributed by atoms with Gasteiger partial charge in [0, 0.05) is 12.3 Å². The van der Waals surface area contributed by atoms with Gasteiger partial charge in [0.1, 0.15) is 12.1 Å². The molecular formula is C14H26N2O2S. The molecule has 0 aliphatic carbocycles. The molecule has 0 spiro atoms. The molecule has 0 aromatic carbocycles. The van der Waals surface area contributed by atoms with Crippen LogP contribution in [-0.4, -0.2) is 46.8 Å². The number of thioether (sulfide) groups is 1. The van der Waals surface area contributed by atoms with Gasteiger partial charge in [0.15, 0.2) is 0 Å². The van der Waals surface area contributed by atoms with Crippen molar-refractivity contribution in [2.24, 2.45) is 5.92 Å². The van der Waals surface area contributed by atoms with Crippen molar-refractivity contribution in [2.75, 3.05) is 18.1 Å². The lowest BCUT2D eigenvalue weighted by Crippen LogP contribution is -2.65. The van der Waals surface area contributed by atoms with E-state index in [1.807, 2.05) is 32.5 Å². The minimum absolute atomic E-state index is 0.00884. The fraction of sp³-hybridized carbons (Fsp3) is 0.857. The SMILES string of the molecule is CCCC1NC(=O)C(C(C)C)N(CCSCC)C1=O. The van der Waals surface area contributed by atoms with Crippen molar-refractivity contribution in [3.05, 3.63) is 0 Å². The first kappa shape index (κ1) is 16.3. The van der Waals surface area contributed by atoms with E-state index in [4.69, 9.17) is 0 Å². The van der Waals surface area contributed by atoms with Gasteiger partial charge in [0.25, 0.3) is 0 Å². The first-order chi connectivity index (χ1) is 9.02. The highest BCUT2D eigenvalue weighted by molar-refractivity contribution is 7.99. The summed E-state index contributed by atoms with van der Waals surface area (Å²) in [5, 5.41) is 2.88. The predicted molar refractivity (Wildman–Crippen MR) is 80.2 cm³/mol. The highest BCUT2D eigenvalue weighted by Gasteiger charge is 2.40. The average Bonchev–Trinajstić information content (AvgIpc) is 2.34. The molecule has 1 aliphatic heterocycles. The quantitative estimate of drug-likeness (QED) is 0.727. The summed E-state index contributed by atoms with van der Waals surface area (Å²) in [5.41, 5.74) is 0. The normalized spacial score (nSPS) is 23.9. The zero-order valence-electron chi connectivity index (χ0n) is 12.4. The molecule has 1 rings (SSSR count). The average molecular weight is 286 g/mol. The van der Waals surface area contributed by atoms with Crippen LogP contribution in [0.1, 0.15) is 40.5 Å². The zero-order chi connectivity index (χ0) is 14.4. The van der Waals surface area contributed by atoms with E-state index in [9.17, 15) is 9.59 Å². The number of hydrogen-bond donors (Lipinski definition) is 1. The predicted octanol–water partition coefficient (Wildman–Crippen LogP) is 1.89. The minimum atomic E-state index is -0.320. The van der Waals surface area contributed by atoms with Crippen LogP contribution in [0.2, 0.25) is 0 Å². The molecule has 2 amide bonds. The van der Waals surface area contributed by atoms with Gasteiger partial charge in [-0.1, -0.05) is 34.1 Å². The Morgan fingerprint density at radius 2 is 2.00 bits per heavy atom. The molecule has 2 unspecified atom stereocenters. The summed E-state index contributed by atoms with van der Waals surface area (Å²) >= 11 is 1.81. The molecule has 1 fully saturated rings. The van der Waals surface area contributed by atoms with Crippen molar-refractivity contribution in [3.8, 4) is 0 Å². The molecule has 0 aromatic heterocycles. The Balaban J connectivity index is 2.80. The van der Waals surface area contributed by atoms with Crippen molar-refractivity contribution < 1.29 is 9.59 Å². The first-order valence-electron chi connectivity index (χ1n) is 7.21. The van der Waals surface area contributed by atoms with Crippen LogP contribution in [0.3, 0.4) is 0 Å². The smallest absolute Gasteiger partial charge is 0.245 e. The van der Waals surface area contributed by atoms with Gasteiger partial charge in [-0.3, -0.25) is 9.59 Å². The van der Waals surface area contributed by atoms with E-state index in [1.165, 1.54) is 0 Å². The number of carbonyl (C=O) groups is 2. The molecule has 0 saturated carbocycles. The van der Waals surface area contributed by atoms with Crippen molar-refractivity contribution in [2.45, 2.75) is 52.6 Å². The fourth-order valence-corrected chi connectivity index (χ4v) is 3.12. The molecule has 1 heterocycles. The molecule has 2 atom stereocenters. The third-order valence-corrected chi connectivity index (χ3v) is 4.27. The van der Waals surface area contributed by atoms with Crippen LogP contribution in [-0.2, 0) is 9.59 Å². The minimum Gasteiger partial charge on any atom is -0.342 e. The van der Waals surface area contributed by atoms with Crippen molar-refractivity contribution in [1.82, 2.24) is 10.2 Å². The van der Waals surface area contributed by atoms with E-state index >= 15 is 0 Å². The Bertz CT molecular complexity index is 321. The molecular weight excluding hydrogens is 260 g/mol. The second-order valence-electron chi connectivity index (χ2n) is 5.27. The topological polar surface area (TPSA) is 49.4 Å². The maximum absolute atomic E-state index is 12.5. The van der Waals surface area contributed by atoms with Gasteiger partial charge in [-0.2, -0.15) is 11.8 Å². The number of amides is 2. The van der Waals surface area contributed by atoms with Gasteiger partial charge in [-0.15, -0.1) is 0 Å². The van der Waals surface area contributed by atoms with Crippen molar-refractivity contribution >= 4 is 23.6 Å². The molecule has 0 bridgehead atoms. The summed E-state index contributed by atoms with van der Waals surface area (Å²) in [5.74, 6) is 2.20. The van der Waals surface area contributed by atoms with E-state index in [1.54, 1.807) is 4.90 Å². The molecule has 1 N–H and O–H groups in total. The van der Waals surface area contributed by atoms with Crippen LogP contribution in [0.4, 0.5) is 0 Å². The van der Waals surface area contributed by atoms with E-state index in [0.29, 0.717) is 6.54 Å². The molecule has 110 valence electrons. The number of rotatable bonds is 7. The van der Waals surface area contributed by atoms with Gasteiger partial charge >= 0.3 is 0 Å². The summed E-state index contributed by atoms with van der Waals surface area (Å²) < 4.78 is 0. The van der Waals surface area contributed by atoms with Gasteiger partial charge in [0.2, 0.25) is 11.8 Å². The molecule has 0 radical (unpaired) electrons. The molecule has 5 heteroatoms. The Morgan fingerprint density at radius 3 is 2.53 bits per heavy atom. The molecule has 1 aliphatic rings. The third-order valence-electron chi connectivity index (χ3n) is 3.39. The number of carbonyl (C=O) groups excluding carboxylic acids is 2. The highest BCUT2D eigenvalue weighted by Crippen LogP contribution is 2.20. The Morgan fingerprint density at radius 1 is 1.32 bits per heavy atom. The van der Waals surface area contributed by atoms with Crippen molar-refractivity contribution in [1.29, 1.82) is 0 Å². The lowest BCUT2D eigenvalue weighted by Gasteiger charge is -2.40. The van der Waals surface area contributed by atoms with Crippen LogP contribution in [0.15, 0.2) is 0 Å². The second-order valence-corrected chi connectivity index (χ2v) is 6.66. The molecule has 19 heavy (non-hydrogen) atoms. The highest BCUT2D eigenvalue weighted by atomic mass is 32.2. The number of piperazine rings is 1. The summed E-state index contributed by atoms with van der Waals surface area (Å²) in [4.78, 5) is 26.5. The van der Waals surface area contributed by atoms with Crippen molar-refractivity contribution in [3.63, 3.8) is 0 Å². The van der Waals surface area contributed by atoms with Gasteiger partial charge in [-0.05, 0) is 18.1 Å². The summed E-state index contributed by atoms with van der Waals surface area (Å²) in [7, 11) is 0. The van der Waals surface area contributed by atoms with Crippen LogP contribution < -0.4 is 5.32 Å². The van der Waals surface area contributed by atoms with Crippen LogP contribution in [0, 0.1) is 5.92 Å². The van der Waals surface area contributed by atoms with E-state index in [-0.39, 0.29) is 29.8 Å². The summed E-state index contributed by atoms with van der Waals surface area (Å²) in [6.45, 7) is 8.81. The van der Waals surface area contributed by atoms with Crippen LogP contribution in [0.5, 0.6) is 0 Å². The van der Waals surface area contributed by atoms with Gasteiger partial charge < -0.3 is 10.2 Å². The standard InChI is InChI=1S/C14H26N2O2S/c1-5-7-11-14(18)16(8-9-19-6-2)12(10(3)4)13(17)15-11/h10-12H,5-9H2,1-4H3,(H,15,17). The Kier molecular flexibility index (Phi) is 6.69. The number of nitrogens with zero attached hydrogens (tertiary/aromatic N) is 1. The third kappa shape index (κ3) is 4.13. The Hall–Kier alpha value is -0.710. The van der Waals surface area contributed by atoms with E-state index < -0.39 is 0 Å². The zero-order valence-corrected chi connectivity index (χ0v) is 13.3. The van der Waals surface area contributed by atoms with Gasteiger partial charge in [-0.25, -0.2) is 0 Å². The lowest BCUT2D eigenvalue weighted by atomic mass is 9.96. The van der Waals surface area contributed by atoms with Crippen LogP contribution >= 0.6 is 11.8 Å². The second kappa shape index (κ2) is 7.78. The molecule has 4 nitrogen and oxygen atoms in total. The lowest BCUT2D eigenvalue weighted by molar-refractivity contribution is -0.151. The van der Waals surface area contributed by atoms with Gasteiger partial charge in [0.05, 0.1) is 0 Å². The first-order valence-corrected chi connectivity index (χ1v) is 8.36. The number of nitrogens with one attached hydrogen (secondary N) is 1. The maximum Gasteiger partial charge on any atom is 0.245 e. The van der Waals surface area contributed by atoms with E-state index in [0.717, 1.165) is 24.3 Å². The summed E-state index contributed by atoms with van der Waals surface area (Å²) in [6, 6.07) is -0.628. The molecule has 0 aromatic rings. The Labute approximate surface area is 120 Å². The largest absolute Gasteiger partial charge is 0.342 e. The van der Waals surface area contributed by atoms with Crippen LogP contribution in [0.25, 0.3) is 0 Å². The monoisotopic (exact) mass is 286 g/mol. The molecule has 1 saturated heterocycles. The van der Waals surface area contributed by atoms with E-state index in [2.05, 4.69) is 12.2 Å². The number of hydrogen-bond acceptors (Lipinski definition) is 3. The maximum atomic E-state index is 12.5. The fourth-order valence-electron chi connectivity index (χ4n) is 2.50. The summed E-state index contributed by atoms with van der Waals surface area (Å²) in [6.07, 6.45) is 1.63.